The molecule has 0 amide bonds. The van der Waals surface area contributed by atoms with Gasteiger partial charge in [-0.05, 0) is 24.6 Å². The van der Waals surface area contributed by atoms with E-state index in [-0.39, 0.29) is 5.75 Å². The lowest BCUT2D eigenvalue weighted by Gasteiger charge is -2.08. The summed E-state index contributed by atoms with van der Waals surface area (Å²) in [5.41, 5.74) is 7.43. The lowest BCUT2D eigenvalue weighted by Crippen LogP contribution is -2.16. The summed E-state index contributed by atoms with van der Waals surface area (Å²) < 4.78 is 0. The molecule has 0 saturated carbocycles. The van der Waals surface area contributed by atoms with E-state index in [4.69, 9.17) is 5.73 Å². The van der Waals surface area contributed by atoms with Crippen molar-refractivity contribution >= 4 is 11.0 Å². The van der Waals surface area contributed by atoms with Crippen LogP contribution in [-0.2, 0) is 6.42 Å². The molecular weight excluding hydrogens is 202 g/mol. The SMILES string of the molecule is CCC(CN)Cc1nc2ccc(O)cc2[nH]1. The molecule has 1 aromatic heterocycles. The Kier molecular flexibility index (Phi) is 3.10. The molecule has 1 aromatic carbocycles. The number of imidazole rings is 1. The highest BCUT2D eigenvalue weighted by molar-refractivity contribution is 5.76. The van der Waals surface area contributed by atoms with Crippen molar-refractivity contribution in [1.29, 1.82) is 0 Å². The van der Waals surface area contributed by atoms with E-state index in [1.807, 2.05) is 6.07 Å². The Labute approximate surface area is 94.5 Å². The monoisotopic (exact) mass is 219 g/mol. The summed E-state index contributed by atoms with van der Waals surface area (Å²) in [5.74, 6) is 1.67. The smallest absolute Gasteiger partial charge is 0.117 e. The quantitative estimate of drug-likeness (QED) is 0.734. The predicted octanol–water partition coefficient (Wildman–Crippen LogP) is 1.80. The van der Waals surface area contributed by atoms with Crippen molar-refractivity contribution in [1.82, 2.24) is 9.97 Å². The molecule has 0 aliphatic rings. The molecular formula is C12H17N3O. The summed E-state index contributed by atoms with van der Waals surface area (Å²) in [6.07, 6.45) is 1.92. The number of fused-ring (bicyclic) bond motifs is 1. The number of phenols is 1. The second-order valence-electron chi connectivity index (χ2n) is 4.10. The number of H-pyrrole nitrogens is 1. The third kappa shape index (κ3) is 2.17. The van der Waals surface area contributed by atoms with Gasteiger partial charge < -0.3 is 15.8 Å². The van der Waals surface area contributed by atoms with Crippen LogP contribution in [0.3, 0.4) is 0 Å². The average molecular weight is 219 g/mol. The molecule has 0 aliphatic carbocycles. The molecule has 4 nitrogen and oxygen atoms in total. The topological polar surface area (TPSA) is 74.9 Å². The Morgan fingerprint density at radius 1 is 1.50 bits per heavy atom. The van der Waals surface area contributed by atoms with Crippen LogP contribution in [0.2, 0.25) is 0 Å². The van der Waals surface area contributed by atoms with Gasteiger partial charge in [0.1, 0.15) is 11.6 Å². The molecule has 4 N–H and O–H groups in total. The van der Waals surface area contributed by atoms with Gasteiger partial charge in [0.15, 0.2) is 0 Å². The van der Waals surface area contributed by atoms with Crippen molar-refractivity contribution in [2.24, 2.45) is 11.7 Å². The number of aromatic nitrogens is 2. The van der Waals surface area contributed by atoms with Crippen LogP contribution in [0.4, 0.5) is 0 Å². The molecule has 2 rings (SSSR count). The molecule has 1 atom stereocenters. The first-order valence-electron chi connectivity index (χ1n) is 5.60. The van der Waals surface area contributed by atoms with Crippen LogP contribution >= 0.6 is 0 Å². The van der Waals surface area contributed by atoms with E-state index in [9.17, 15) is 5.11 Å². The van der Waals surface area contributed by atoms with Crippen LogP contribution in [0.15, 0.2) is 18.2 Å². The first-order chi connectivity index (χ1) is 7.72. The number of aromatic amines is 1. The Morgan fingerprint density at radius 3 is 3.00 bits per heavy atom. The number of rotatable bonds is 4. The normalized spacial score (nSPS) is 13.1. The number of hydrogen-bond donors (Lipinski definition) is 3. The van der Waals surface area contributed by atoms with E-state index in [0.717, 1.165) is 29.7 Å². The van der Waals surface area contributed by atoms with Crippen LogP contribution < -0.4 is 5.73 Å². The molecule has 16 heavy (non-hydrogen) atoms. The fraction of sp³-hybridized carbons (Fsp3) is 0.417. The third-order valence-corrected chi connectivity index (χ3v) is 2.91. The van der Waals surface area contributed by atoms with Crippen molar-refractivity contribution in [3.8, 4) is 5.75 Å². The van der Waals surface area contributed by atoms with E-state index in [2.05, 4.69) is 16.9 Å². The maximum atomic E-state index is 9.35. The number of benzene rings is 1. The lowest BCUT2D eigenvalue weighted by molar-refractivity contribution is 0.476. The van der Waals surface area contributed by atoms with Crippen molar-refractivity contribution < 1.29 is 5.11 Å². The number of nitrogens with one attached hydrogen (secondary N) is 1. The zero-order valence-electron chi connectivity index (χ0n) is 9.40. The highest BCUT2D eigenvalue weighted by Crippen LogP contribution is 2.19. The van der Waals surface area contributed by atoms with Crippen LogP contribution in [0.25, 0.3) is 11.0 Å². The van der Waals surface area contributed by atoms with Crippen molar-refractivity contribution in [3.05, 3.63) is 24.0 Å². The molecule has 0 saturated heterocycles. The zero-order valence-corrected chi connectivity index (χ0v) is 9.40. The number of nitrogens with two attached hydrogens (primary N) is 1. The summed E-state index contributed by atoms with van der Waals surface area (Å²) in [4.78, 5) is 7.68. The van der Waals surface area contributed by atoms with E-state index in [1.165, 1.54) is 0 Å². The van der Waals surface area contributed by atoms with Crippen LogP contribution in [0.5, 0.6) is 5.75 Å². The largest absolute Gasteiger partial charge is 0.508 e. The first-order valence-corrected chi connectivity index (χ1v) is 5.60. The first kappa shape index (κ1) is 11.0. The van der Waals surface area contributed by atoms with Crippen molar-refractivity contribution in [3.63, 3.8) is 0 Å². The maximum absolute atomic E-state index is 9.35. The van der Waals surface area contributed by atoms with E-state index in [0.29, 0.717) is 12.5 Å². The summed E-state index contributed by atoms with van der Waals surface area (Å²) in [6, 6.07) is 5.15. The van der Waals surface area contributed by atoms with Crippen LogP contribution in [0, 0.1) is 5.92 Å². The van der Waals surface area contributed by atoms with Crippen molar-refractivity contribution in [2.75, 3.05) is 6.54 Å². The maximum Gasteiger partial charge on any atom is 0.117 e. The highest BCUT2D eigenvalue weighted by Gasteiger charge is 2.09. The minimum Gasteiger partial charge on any atom is -0.508 e. The minimum atomic E-state index is 0.258. The summed E-state index contributed by atoms with van der Waals surface area (Å²) in [5, 5.41) is 9.35. The van der Waals surface area contributed by atoms with Gasteiger partial charge in [0.05, 0.1) is 11.0 Å². The summed E-state index contributed by atoms with van der Waals surface area (Å²) in [6.45, 7) is 2.81. The number of hydrogen-bond acceptors (Lipinski definition) is 3. The number of phenolic OH excluding ortho intramolecular Hbond substituents is 1. The van der Waals surface area contributed by atoms with Gasteiger partial charge in [0.2, 0.25) is 0 Å². The van der Waals surface area contributed by atoms with E-state index in [1.54, 1.807) is 12.1 Å². The molecule has 0 spiro atoms. The van der Waals surface area contributed by atoms with E-state index < -0.39 is 0 Å². The van der Waals surface area contributed by atoms with Gasteiger partial charge in [-0.3, -0.25) is 0 Å². The molecule has 0 fully saturated rings. The second kappa shape index (κ2) is 4.53. The molecule has 4 heteroatoms. The Bertz CT molecular complexity index is 474. The summed E-state index contributed by atoms with van der Waals surface area (Å²) in [7, 11) is 0. The molecule has 86 valence electrons. The Hall–Kier alpha value is -1.55. The van der Waals surface area contributed by atoms with Crippen LogP contribution in [-0.4, -0.2) is 21.6 Å². The second-order valence-corrected chi connectivity index (χ2v) is 4.10. The Morgan fingerprint density at radius 2 is 2.31 bits per heavy atom. The molecule has 2 aromatic rings. The fourth-order valence-electron chi connectivity index (χ4n) is 1.81. The van der Waals surface area contributed by atoms with Gasteiger partial charge in [-0.1, -0.05) is 13.3 Å². The highest BCUT2D eigenvalue weighted by atomic mass is 16.3. The average Bonchev–Trinajstić information content (AvgIpc) is 2.67. The third-order valence-electron chi connectivity index (χ3n) is 2.91. The van der Waals surface area contributed by atoms with Crippen LogP contribution in [0.1, 0.15) is 19.2 Å². The van der Waals surface area contributed by atoms with Gasteiger partial charge in [0, 0.05) is 12.5 Å². The molecule has 0 aliphatic heterocycles. The van der Waals surface area contributed by atoms with Gasteiger partial charge in [-0.15, -0.1) is 0 Å². The fourth-order valence-corrected chi connectivity index (χ4v) is 1.81. The Balaban J connectivity index is 2.25. The standard InChI is InChI=1S/C12H17N3O/c1-2-8(7-13)5-12-14-10-4-3-9(16)6-11(10)15-12/h3-4,6,8,16H,2,5,7,13H2,1H3,(H,14,15). The number of nitrogens with zero attached hydrogens (tertiary/aromatic N) is 1. The van der Waals surface area contributed by atoms with E-state index >= 15 is 0 Å². The van der Waals surface area contributed by atoms with Gasteiger partial charge in [0.25, 0.3) is 0 Å². The summed E-state index contributed by atoms with van der Waals surface area (Å²) >= 11 is 0. The zero-order chi connectivity index (χ0) is 11.5. The van der Waals surface area contributed by atoms with Gasteiger partial charge in [-0.25, -0.2) is 4.98 Å². The lowest BCUT2D eigenvalue weighted by atomic mass is 10.0. The molecule has 1 unspecified atom stereocenters. The molecule has 1 heterocycles. The minimum absolute atomic E-state index is 0.258. The molecule has 0 radical (unpaired) electrons. The van der Waals surface area contributed by atoms with Crippen molar-refractivity contribution in [2.45, 2.75) is 19.8 Å². The van der Waals surface area contributed by atoms with Gasteiger partial charge in [-0.2, -0.15) is 0 Å². The number of aromatic hydroxyl groups is 1. The predicted molar refractivity (Wildman–Crippen MR) is 64.3 cm³/mol. The molecule has 0 bridgehead atoms. The van der Waals surface area contributed by atoms with Gasteiger partial charge >= 0.3 is 0 Å².